The molecule has 2 N–H and O–H groups in total. The molecule has 0 radical (unpaired) electrons. The minimum Gasteiger partial charge on any atom is -0.407 e. The SMILES string of the molecule is NC(=O)Oc1cnc(N2CCCCC2)nc1. The number of hydrogen-bond donors (Lipinski definition) is 1. The number of nitrogens with two attached hydrogens (primary N) is 1. The van der Waals surface area contributed by atoms with Crippen molar-refractivity contribution in [2.75, 3.05) is 18.0 Å². The van der Waals surface area contributed by atoms with Gasteiger partial charge < -0.3 is 15.4 Å². The van der Waals surface area contributed by atoms with Crippen molar-refractivity contribution in [1.82, 2.24) is 9.97 Å². The lowest BCUT2D eigenvalue weighted by atomic mass is 10.1. The van der Waals surface area contributed by atoms with Crippen molar-refractivity contribution in [2.45, 2.75) is 19.3 Å². The highest BCUT2D eigenvalue weighted by Crippen LogP contribution is 2.16. The third kappa shape index (κ3) is 2.59. The molecule has 0 unspecified atom stereocenters. The topological polar surface area (TPSA) is 81.3 Å². The van der Waals surface area contributed by atoms with E-state index in [0.29, 0.717) is 5.95 Å². The number of nitrogens with zero attached hydrogens (tertiary/aromatic N) is 3. The van der Waals surface area contributed by atoms with Gasteiger partial charge in [-0.1, -0.05) is 0 Å². The number of primary amides is 1. The van der Waals surface area contributed by atoms with E-state index in [1.807, 2.05) is 0 Å². The summed E-state index contributed by atoms with van der Waals surface area (Å²) in [4.78, 5) is 20.9. The zero-order valence-electron chi connectivity index (χ0n) is 8.93. The summed E-state index contributed by atoms with van der Waals surface area (Å²) in [6.45, 7) is 1.96. The Balaban J connectivity index is 2.03. The van der Waals surface area contributed by atoms with Crippen molar-refractivity contribution < 1.29 is 9.53 Å². The molecule has 6 nitrogen and oxygen atoms in total. The van der Waals surface area contributed by atoms with Gasteiger partial charge in [-0.3, -0.25) is 0 Å². The summed E-state index contributed by atoms with van der Waals surface area (Å²) in [6.07, 6.45) is 5.67. The molecular formula is C10H14N4O2. The molecule has 0 aromatic carbocycles. The average molecular weight is 222 g/mol. The summed E-state index contributed by atoms with van der Waals surface area (Å²) in [6, 6.07) is 0. The summed E-state index contributed by atoms with van der Waals surface area (Å²) < 4.78 is 4.65. The second kappa shape index (κ2) is 4.78. The number of carbonyl (C=O) groups is 1. The van der Waals surface area contributed by atoms with Crippen molar-refractivity contribution in [3.8, 4) is 5.75 Å². The fraction of sp³-hybridized carbons (Fsp3) is 0.500. The predicted octanol–water partition coefficient (Wildman–Crippen LogP) is 0.924. The lowest BCUT2D eigenvalue weighted by Gasteiger charge is -2.26. The van der Waals surface area contributed by atoms with Crippen LogP contribution in [0.15, 0.2) is 12.4 Å². The fourth-order valence-electron chi connectivity index (χ4n) is 1.74. The average Bonchev–Trinajstić information content (AvgIpc) is 2.30. The van der Waals surface area contributed by atoms with Crippen LogP contribution in [0.2, 0.25) is 0 Å². The van der Waals surface area contributed by atoms with Crippen LogP contribution in [0.25, 0.3) is 0 Å². The first-order chi connectivity index (χ1) is 7.75. The largest absolute Gasteiger partial charge is 0.410 e. The third-order valence-corrected chi connectivity index (χ3v) is 2.47. The molecule has 16 heavy (non-hydrogen) atoms. The summed E-state index contributed by atoms with van der Waals surface area (Å²) >= 11 is 0. The molecule has 0 atom stereocenters. The summed E-state index contributed by atoms with van der Waals surface area (Å²) in [5.41, 5.74) is 4.88. The van der Waals surface area contributed by atoms with Crippen molar-refractivity contribution >= 4 is 12.0 Å². The van der Waals surface area contributed by atoms with Gasteiger partial charge in [0, 0.05) is 13.1 Å². The van der Waals surface area contributed by atoms with Gasteiger partial charge in [-0.05, 0) is 19.3 Å². The van der Waals surface area contributed by atoms with E-state index in [0.717, 1.165) is 13.1 Å². The summed E-state index contributed by atoms with van der Waals surface area (Å²) in [5, 5.41) is 0. The molecule has 86 valence electrons. The fourth-order valence-corrected chi connectivity index (χ4v) is 1.74. The molecule has 6 heteroatoms. The normalized spacial score (nSPS) is 15.9. The Morgan fingerprint density at radius 3 is 2.44 bits per heavy atom. The van der Waals surface area contributed by atoms with Crippen LogP contribution in [0.1, 0.15) is 19.3 Å². The van der Waals surface area contributed by atoms with E-state index in [1.54, 1.807) is 0 Å². The molecule has 1 fully saturated rings. The monoisotopic (exact) mass is 222 g/mol. The Labute approximate surface area is 93.4 Å². The van der Waals surface area contributed by atoms with Gasteiger partial charge in [-0.25, -0.2) is 14.8 Å². The smallest absolute Gasteiger partial charge is 0.407 e. The molecule has 1 aliphatic heterocycles. The molecule has 1 aromatic heterocycles. The van der Waals surface area contributed by atoms with Crippen LogP contribution in [0, 0.1) is 0 Å². The van der Waals surface area contributed by atoms with Crippen LogP contribution in [0.3, 0.4) is 0 Å². The van der Waals surface area contributed by atoms with Gasteiger partial charge in [0.1, 0.15) is 0 Å². The lowest BCUT2D eigenvalue weighted by Crippen LogP contribution is -2.30. The van der Waals surface area contributed by atoms with E-state index >= 15 is 0 Å². The molecule has 0 saturated carbocycles. The Morgan fingerprint density at radius 1 is 1.25 bits per heavy atom. The molecule has 1 aromatic rings. The zero-order valence-corrected chi connectivity index (χ0v) is 8.93. The number of rotatable bonds is 2. The highest BCUT2D eigenvalue weighted by Gasteiger charge is 2.13. The van der Waals surface area contributed by atoms with Gasteiger partial charge in [0.15, 0.2) is 5.75 Å². The Bertz CT molecular complexity index is 360. The molecule has 0 bridgehead atoms. The van der Waals surface area contributed by atoms with Gasteiger partial charge in [0.25, 0.3) is 0 Å². The second-order valence-corrected chi connectivity index (χ2v) is 3.69. The van der Waals surface area contributed by atoms with Crippen LogP contribution >= 0.6 is 0 Å². The predicted molar refractivity (Wildman–Crippen MR) is 58.3 cm³/mol. The second-order valence-electron chi connectivity index (χ2n) is 3.69. The van der Waals surface area contributed by atoms with Crippen LogP contribution in [0.4, 0.5) is 10.7 Å². The number of carbonyl (C=O) groups excluding carboxylic acids is 1. The highest BCUT2D eigenvalue weighted by molar-refractivity contribution is 5.67. The Kier molecular flexibility index (Phi) is 3.19. The number of piperidine rings is 1. The maximum Gasteiger partial charge on any atom is 0.410 e. The van der Waals surface area contributed by atoms with E-state index in [2.05, 4.69) is 19.6 Å². The highest BCUT2D eigenvalue weighted by atomic mass is 16.5. The standard InChI is InChI=1S/C10H14N4O2/c11-9(15)16-8-6-12-10(13-7-8)14-4-2-1-3-5-14/h6-7H,1-5H2,(H2,11,15). The molecule has 2 heterocycles. The Morgan fingerprint density at radius 2 is 1.88 bits per heavy atom. The first kappa shape index (κ1) is 10.7. The molecule has 2 rings (SSSR count). The molecule has 1 aliphatic rings. The van der Waals surface area contributed by atoms with Crippen molar-refractivity contribution in [3.63, 3.8) is 0 Å². The van der Waals surface area contributed by atoms with Crippen molar-refractivity contribution in [2.24, 2.45) is 5.73 Å². The van der Waals surface area contributed by atoms with Gasteiger partial charge in [0.05, 0.1) is 12.4 Å². The molecular weight excluding hydrogens is 208 g/mol. The van der Waals surface area contributed by atoms with Crippen LogP contribution in [0.5, 0.6) is 5.75 Å². The molecule has 1 saturated heterocycles. The molecule has 0 spiro atoms. The number of anilines is 1. The van der Waals surface area contributed by atoms with Gasteiger partial charge in [-0.15, -0.1) is 0 Å². The van der Waals surface area contributed by atoms with E-state index in [-0.39, 0.29) is 5.75 Å². The molecule has 1 amide bonds. The summed E-state index contributed by atoms with van der Waals surface area (Å²) in [7, 11) is 0. The minimum absolute atomic E-state index is 0.272. The lowest BCUT2D eigenvalue weighted by molar-refractivity contribution is 0.210. The molecule has 0 aliphatic carbocycles. The van der Waals surface area contributed by atoms with Gasteiger partial charge >= 0.3 is 6.09 Å². The van der Waals surface area contributed by atoms with Gasteiger partial charge in [-0.2, -0.15) is 0 Å². The van der Waals surface area contributed by atoms with E-state index in [1.165, 1.54) is 31.7 Å². The van der Waals surface area contributed by atoms with Crippen LogP contribution in [-0.4, -0.2) is 29.2 Å². The van der Waals surface area contributed by atoms with Crippen LogP contribution in [-0.2, 0) is 0 Å². The minimum atomic E-state index is -0.852. The number of hydrogen-bond acceptors (Lipinski definition) is 5. The zero-order chi connectivity index (χ0) is 11.4. The number of amides is 1. The maximum atomic E-state index is 10.5. The van der Waals surface area contributed by atoms with Crippen molar-refractivity contribution in [3.05, 3.63) is 12.4 Å². The summed E-state index contributed by atoms with van der Waals surface area (Å²) in [5.74, 6) is 0.949. The number of aromatic nitrogens is 2. The maximum absolute atomic E-state index is 10.5. The van der Waals surface area contributed by atoms with E-state index in [4.69, 9.17) is 5.73 Å². The first-order valence-electron chi connectivity index (χ1n) is 5.30. The Hall–Kier alpha value is -1.85. The van der Waals surface area contributed by atoms with E-state index in [9.17, 15) is 4.79 Å². The van der Waals surface area contributed by atoms with Gasteiger partial charge in [0.2, 0.25) is 5.95 Å². The first-order valence-corrected chi connectivity index (χ1v) is 5.30. The van der Waals surface area contributed by atoms with Crippen molar-refractivity contribution in [1.29, 1.82) is 0 Å². The van der Waals surface area contributed by atoms with E-state index < -0.39 is 6.09 Å². The quantitative estimate of drug-likeness (QED) is 0.804. The van der Waals surface area contributed by atoms with Crippen LogP contribution < -0.4 is 15.4 Å². The third-order valence-electron chi connectivity index (χ3n) is 2.47. The number of ether oxygens (including phenoxy) is 1.